The van der Waals surface area contributed by atoms with Crippen molar-refractivity contribution in [3.63, 3.8) is 0 Å². The molecule has 0 spiro atoms. The van der Waals surface area contributed by atoms with Gasteiger partial charge in [-0.1, -0.05) is 49.1 Å². The summed E-state index contributed by atoms with van der Waals surface area (Å²) in [5, 5.41) is 3.18. The Labute approximate surface area is 195 Å². The number of aryl methyl sites for hydroxylation is 1. The van der Waals surface area contributed by atoms with Crippen molar-refractivity contribution in [3.05, 3.63) is 59.7 Å². The number of carbonyl (C=O) groups is 2. The molecule has 172 valence electrons. The molecule has 0 aromatic heterocycles. The van der Waals surface area contributed by atoms with Gasteiger partial charge in [-0.2, -0.15) is 0 Å². The third-order valence-electron chi connectivity index (χ3n) is 6.01. The average molecular weight is 455 g/mol. The number of amides is 2. The SMILES string of the molecule is COc1ccc(CN(C(=O)CSc2ccc(C)cc2)[C@H](C)C(=O)NC2CCCCC2)cc1. The first-order valence-corrected chi connectivity index (χ1v) is 12.4. The van der Waals surface area contributed by atoms with Crippen molar-refractivity contribution in [2.45, 2.75) is 69.5 Å². The first-order chi connectivity index (χ1) is 15.5. The molecule has 5 nitrogen and oxygen atoms in total. The van der Waals surface area contributed by atoms with Gasteiger partial charge < -0.3 is 15.0 Å². The summed E-state index contributed by atoms with van der Waals surface area (Å²) < 4.78 is 5.24. The van der Waals surface area contributed by atoms with E-state index in [-0.39, 0.29) is 17.9 Å². The Morgan fingerprint density at radius 2 is 1.72 bits per heavy atom. The lowest BCUT2D eigenvalue weighted by molar-refractivity contribution is -0.139. The molecule has 1 fully saturated rings. The van der Waals surface area contributed by atoms with Crippen LogP contribution in [-0.4, -0.2) is 41.7 Å². The summed E-state index contributed by atoms with van der Waals surface area (Å²) in [6.07, 6.45) is 5.59. The number of ether oxygens (including phenoxy) is 1. The molecule has 0 bridgehead atoms. The Bertz CT molecular complexity index is 877. The third-order valence-corrected chi connectivity index (χ3v) is 7.01. The van der Waals surface area contributed by atoms with Crippen LogP contribution >= 0.6 is 11.8 Å². The molecule has 2 aromatic carbocycles. The Hall–Kier alpha value is -2.47. The summed E-state index contributed by atoms with van der Waals surface area (Å²) in [5.41, 5.74) is 2.16. The highest BCUT2D eigenvalue weighted by molar-refractivity contribution is 8.00. The molecule has 0 unspecified atom stereocenters. The van der Waals surface area contributed by atoms with Crippen molar-refractivity contribution in [2.75, 3.05) is 12.9 Å². The predicted molar refractivity (Wildman–Crippen MR) is 130 cm³/mol. The van der Waals surface area contributed by atoms with E-state index in [0.717, 1.165) is 41.9 Å². The fourth-order valence-corrected chi connectivity index (χ4v) is 4.73. The van der Waals surface area contributed by atoms with Gasteiger partial charge in [0, 0.05) is 17.5 Å². The zero-order valence-corrected chi connectivity index (χ0v) is 20.1. The lowest BCUT2D eigenvalue weighted by Gasteiger charge is -2.31. The van der Waals surface area contributed by atoms with Gasteiger partial charge in [-0.05, 0) is 56.5 Å². The van der Waals surface area contributed by atoms with Gasteiger partial charge in [-0.3, -0.25) is 9.59 Å². The van der Waals surface area contributed by atoms with Crippen molar-refractivity contribution < 1.29 is 14.3 Å². The van der Waals surface area contributed by atoms with Gasteiger partial charge in [-0.25, -0.2) is 0 Å². The van der Waals surface area contributed by atoms with Crippen LogP contribution in [0, 0.1) is 6.92 Å². The van der Waals surface area contributed by atoms with Gasteiger partial charge in [0.1, 0.15) is 11.8 Å². The van der Waals surface area contributed by atoms with Crippen LogP contribution in [0.3, 0.4) is 0 Å². The quantitative estimate of drug-likeness (QED) is 0.544. The first-order valence-electron chi connectivity index (χ1n) is 11.4. The minimum Gasteiger partial charge on any atom is -0.497 e. The summed E-state index contributed by atoms with van der Waals surface area (Å²) >= 11 is 1.50. The van der Waals surface area contributed by atoms with E-state index in [0.29, 0.717) is 12.3 Å². The number of methoxy groups -OCH3 is 1. The van der Waals surface area contributed by atoms with Crippen LogP contribution < -0.4 is 10.1 Å². The van der Waals surface area contributed by atoms with E-state index in [1.807, 2.05) is 62.4 Å². The summed E-state index contributed by atoms with van der Waals surface area (Å²) in [4.78, 5) is 29.0. The molecule has 32 heavy (non-hydrogen) atoms. The monoisotopic (exact) mass is 454 g/mol. The fourth-order valence-electron chi connectivity index (χ4n) is 3.94. The molecule has 1 aliphatic carbocycles. The zero-order chi connectivity index (χ0) is 22.9. The van der Waals surface area contributed by atoms with Gasteiger partial charge in [0.25, 0.3) is 0 Å². The second kappa shape index (κ2) is 12.0. The van der Waals surface area contributed by atoms with E-state index in [2.05, 4.69) is 5.32 Å². The smallest absolute Gasteiger partial charge is 0.242 e. The van der Waals surface area contributed by atoms with Crippen LogP contribution in [0.15, 0.2) is 53.4 Å². The molecule has 2 amide bonds. The number of thioether (sulfide) groups is 1. The number of hydrogen-bond acceptors (Lipinski definition) is 4. The number of nitrogens with one attached hydrogen (secondary N) is 1. The number of benzene rings is 2. The largest absolute Gasteiger partial charge is 0.497 e. The predicted octanol–water partition coefficient (Wildman–Crippen LogP) is 4.96. The third kappa shape index (κ3) is 7.02. The highest BCUT2D eigenvalue weighted by Crippen LogP contribution is 2.22. The lowest BCUT2D eigenvalue weighted by Crippen LogP contribution is -2.50. The van der Waals surface area contributed by atoms with Crippen molar-refractivity contribution in [2.24, 2.45) is 0 Å². The molecule has 1 N–H and O–H groups in total. The van der Waals surface area contributed by atoms with Gasteiger partial charge >= 0.3 is 0 Å². The van der Waals surface area contributed by atoms with Crippen LogP contribution in [-0.2, 0) is 16.1 Å². The lowest BCUT2D eigenvalue weighted by atomic mass is 9.95. The molecule has 1 aliphatic rings. The average Bonchev–Trinajstić information content (AvgIpc) is 2.82. The molecular formula is C26H34N2O3S. The van der Waals surface area contributed by atoms with Gasteiger partial charge in [0.15, 0.2) is 0 Å². The summed E-state index contributed by atoms with van der Waals surface area (Å²) in [7, 11) is 1.63. The van der Waals surface area contributed by atoms with E-state index in [1.54, 1.807) is 12.0 Å². The molecule has 2 aromatic rings. The summed E-state index contributed by atoms with van der Waals surface area (Å²) in [6.45, 7) is 4.26. The van der Waals surface area contributed by atoms with E-state index in [4.69, 9.17) is 4.74 Å². The first kappa shape index (κ1) is 24.2. The summed E-state index contributed by atoms with van der Waals surface area (Å²) in [6, 6.07) is 15.5. The molecule has 6 heteroatoms. The molecule has 1 saturated carbocycles. The van der Waals surface area contributed by atoms with Crippen molar-refractivity contribution >= 4 is 23.6 Å². The number of rotatable bonds is 9. The highest BCUT2D eigenvalue weighted by Gasteiger charge is 2.28. The van der Waals surface area contributed by atoms with E-state index in [1.165, 1.54) is 23.7 Å². The van der Waals surface area contributed by atoms with Crippen LogP contribution in [0.1, 0.15) is 50.2 Å². The normalized spacial score (nSPS) is 15.1. The van der Waals surface area contributed by atoms with Crippen molar-refractivity contribution in [1.82, 2.24) is 10.2 Å². The second-order valence-corrected chi connectivity index (χ2v) is 9.54. The minimum absolute atomic E-state index is 0.0438. The second-order valence-electron chi connectivity index (χ2n) is 8.49. The van der Waals surface area contributed by atoms with E-state index in [9.17, 15) is 9.59 Å². The van der Waals surface area contributed by atoms with Gasteiger partial charge in [0.2, 0.25) is 11.8 Å². The molecular weight excluding hydrogens is 420 g/mol. The maximum absolute atomic E-state index is 13.2. The molecule has 1 atom stereocenters. The number of nitrogens with zero attached hydrogens (tertiary/aromatic N) is 1. The standard InChI is InChI=1S/C26H34N2O3S/c1-19-9-15-24(16-10-19)32-18-25(29)28(17-21-11-13-23(31-3)14-12-21)20(2)26(30)27-22-7-5-4-6-8-22/h9-16,20,22H,4-8,17-18H2,1-3H3,(H,27,30)/t20-/m1/s1. The van der Waals surface area contributed by atoms with Crippen LogP contribution in [0.5, 0.6) is 5.75 Å². The number of hydrogen-bond donors (Lipinski definition) is 1. The maximum atomic E-state index is 13.2. The Kier molecular flexibility index (Phi) is 9.03. The van der Waals surface area contributed by atoms with Gasteiger partial charge in [0.05, 0.1) is 12.9 Å². The highest BCUT2D eigenvalue weighted by atomic mass is 32.2. The van der Waals surface area contributed by atoms with Crippen LogP contribution in [0.4, 0.5) is 0 Å². The molecule has 0 heterocycles. The Balaban J connectivity index is 1.69. The molecule has 3 rings (SSSR count). The molecule has 0 aliphatic heterocycles. The topological polar surface area (TPSA) is 58.6 Å². The van der Waals surface area contributed by atoms with Crippen molar-refractivity contribution in [3.8, 4) is 5.75 Å². The van der Waals surface area contributed by atoms with E-state index < -0.39 is 6.04 Å². The van der Waals surface area contributed by atoms with E-state index >= 15 is 0 Å². The van der Waals surface area contributed by atoms with Crippen LogP contribution in [0.2, 0.25) is 0 Å². The Morgan fingerprint density at radius 1 is 1.06 bits per heavy atom. The fraction of sp³-hybridized carbons (Fsp3) is 0.462. The summed E-state index contributed by atoms with van der Waals surface area (Å²) in [5.74, 6) is 0.946. The van der Waals surface area contributed by atoms with Crippen LogP contribution in [0.25, 0.3) is 0 Å². The maximum Gasteiger partial charge on any atom is 0.242 e. The van der Waals surface area contributed by atoms with Gasteiger partial charge in [-0.15, -0.1) is 11.8 Å². The molecule has 0 saturated heterocycles. The minimum atomic E-state index is -0.537. The molecule has 0 radical (unpaired) electrons. The van der Waals surface area contributed by atoms with Crippen molar-refractivity contribution in [1.29, 1.82) is 0 Å². The Morgan fingerprint density at radius 3 is 2.34 bits per heavy atom. The number of carbonyl (C=O) groups excluding carboxylic acids is 2. The zero-order valence-electron chi connectivity index (χ0n) is 19.3.